The van der Waals surface area contributed by atoms with Crippen LogP contribution < -0.4 is 11.1 Å². The molecule has 0 spiro atoms. The third-order valence-electron chi connectivity index (χ3n) is 3.35. The van der Waals surface area contributed by atoms with Gasteiger partial charge in [-0.25, -0.2) is 9.59 Å². The summed E-state index contributed by atoms with van der Waals surface area (Å²) in [5.74, 6) is -2.47. The fourth-order valence-electron chi connectivity index (χ4n) is 2.30. The summed E-state index contributed by atoms with van der Waals surface area (Å²) in [6.45, 7) is 1.29. The van der Waals surface area contributed by atoms with Crippen LogP contribution in [-0.2, 0) is 9.53 Å². The molecule has 25 heavy (non-hydrogen) atoms. The number of rotatable bonds is 4. The lowest BCUT2D eigenvalue weighted by Gasteiger charge is -2.13. The van der Waals surface area contributed by atoms with E-state index in [-0.39, 0.29) is 39.8 Å². The summed E-state index contributed by atoms with van der Waals surface area (Å²) in [6, 6.07) is 5.93. The van der Waals surface area contributed by atoms with Crippen LogP contribution in [0.15, 0.2) is 24.4 Å². The number of hydrogen-bond donors (Lipinski definition) is 3. The van der Waals surface area contributed by atoms with Crippen LogP contribution in [0, 0.1) is 11.3 Å². The highest BCUT2D eigenvalue weighted by molar-refractivity contribution is 5.99. The van der Waals surface area contributed by atoms with E-state index in [1.165, 1.54) is 35.9 Å². The van der Waals surface area contributed by atoms with Gasteiger partial charge in [0.15, 0.2) is 5.69 Å². The lowest BCUT2D eigenvalue weighted by atomic mass is 10.1. The summed E-state index contributed by atoms with van der Waals surface area (Å²) < 4.78 is 5.84. The van der Waals surface area contributed by atoms with Gasteiger partial charge in [-0.3, -0.25) is 4.79 Å². The van der Waals surface area contributed by atoms with Crippen molar-refractivity contribution in [3.63, 3.8) is 0 Å². The van der Waals surface area contributed by atoms with Crippen molar-refractivity contribution >= 4 is 29.2 Å². The number of carboxylic acids is 1. The molecule has 0 fully saturated rings. The maximum absolute atomic E-state index is 12.0. The monoisotopic (exact) mass is 342 g/mol. The van der Waals surface area contributed by atoms with Gasteiger partial charge in [0.25, 0.3) is 0 Å². The van der Waals surface area contributed by atoms with Crippen LogP contribution in [0.5, 0.6) is 0 Å². The molecule has 0 radical (unpaired) electrons. The van der Waals surface area contributed by atoms with Crippen LogP contribution in [0.1, 0.15) is 33.3 Å². The zero-order valence-corrected chi connectivity index (χ0v) is 13.4. The summed E-state index contributed by atoms with van der Waals surface area (Å²) in [4.78, 5) is 34.8. The van der Waals surface area contributed by atoms with Gasteiger partial charge in [-0.05, 0) is 18.2 Å². The van der Waals surface area contributed by atoms with Crippen molar-refractivity contribution in [2.75, 3.05) is 18.2 Å². The smallest absolute Gasteiger partial charge is 0.357 e. The number of methoxy groups -OCH3 is 1. The fraction of sp³-hybridized carbons (Fsp3) is 0.125. The van der Waals surface area contributed by atoms with E-state index in [4.69, 9.17) is 11.0 Å². The predicted octanol–water partition coefficient (Wildman–Crippen LogP) is 1.37. The van der Waals surface area contributed by atoms with E-state index in [1.807, 2.05) is 6.07 Å². The second-order valence-electron chi connectivity index (χ2n) is 5.00. The van der Waals surface area contributed by atoms with E-state index >= 15 is 0 Å². The average Bonchev–Trinajstić information content (AvgIpc) is 2.89. The summed E-state index contributed by atoms with van der Waals surface area (Å²) in [5.41, 5.74) is 5.70. The van der Waals surface area contributed by atoms with E-state index in [1.54, 1.807) is 0 Å². The first kappa shape index (κ1) is 17.6. The lowest BCUT2D eigenvalue weighted by Crippen LogP contribution is -2.14. The number of amides is 1. The normalized spacial score (nSPS) is 9.96. The van der Waals surface area contributed by atoms with Crippen molar-refractivity contribution in [2.24, 2.45) is 0 Å². The second kappa shape index (κ2) is 6.76. The third kappa shape index (κ3) is 3.28. The molecule has 1 aromatic carbocycles. The summed E-state index contributed by atoms with van der Waals surface area (Å²) in [6.07, 6.45) is 1.25. The number of carbonyl (C=O) groups excluding carboxylic acids is 2. The molecule has 9 heteroatoms. The Kier molecular flexibility index (Phi) is 4.74. The maximum Gasteiger partial charge on any atom is 0.357 e. The molecule has 0 aliphatic carbocycles. The highest BCUT2D eigenvalue weighted by Gasteiger charge is 2.24. The van der Waals surface area contributed by atoms with E-state index in [0.717, 1.165) is 7.11 Å². The van der Waals surface area contributed by atoms with Crippen LogP contribution in [0.25, 0.3) is 5.69 Å². The van der Waals surface area contributed by atoms with Crippen molar-refractivity contribution in [1.82, 2.24) is 4.57 Å². The number of hydrogen-bond acceptors (Lipinski definition) is 6. The van der Waals surface area contributed by atoms with Crippen LogP contribution >= 0.6 is 0 Å². The summed E-state index contributed by atoms with van der Waals surface area (Å²) >= 11 is 0. The van der Waals surface area contributed by atoms with Crippen LogP contribution in [0.4, 0.5) is 11.4 Å². The number of aromatic nitrogens is 1. The number of nitrogens with two attached hydrogens (primary N) is 1. The quantitative estimate of drug-likeness (QED) is 0.711. The number of nitriles is 1. The van der Waals surface area contributed by atoms with Gasteiger partial charge >= 0.3 is 11.9 Å². The van der Waals surface area contributed by atoms with Crippen LogP contribution in [0.3, 0.4) is 0 Å². The molecule has 1 aromatic heterocycles. The largest absolute Gasteiger partial charge is 0.478 e. The summed E-state index contributed by atoms with van der Waals surface area (Å²) in [5, 5.41) is 21.1. The third-order valence-corrected chi connectivity index (χ3v) is 3.35. The van der Waals surface area contributed by atoms with E-state index in [2.05, 4.69) is 10.1 Å². The Hall–Kier alpha value is -3.80. The van der Waals surface area contributed by atoms with Gasteiger partial charge in [0.1, 0.15) is 6.07 Å². The Balaban J connectivity index is 2.74. The summed E-state index contributed by atoms with van der Waals surface area (Å²) in [7, 11) is 1.14. The SMILES string of the molecule is COC(=O)c1c(N)c(C#N)cn1-c1ccc(NC(C)=O)cc1C(=O)O. The molecular formula is C16H14N4O5. The number of esters is 1. The van der Waals surface area contributed by atoms with Crippen molar-refractivity contribution < 1.29 is 24.2 Å². The van der Waals surface area contributed by atoms with E-state index < -0.39 is 11.9 Å². The minimum atomic E-state index is -1.29. The van der Waals surface area contributed by atoms with E-state index in [0.29, 0.717) is 0 Å². The molecule has 1 heterocycles. The molecule has 0 saturated heterocycles. The van der Waals surface area contributed by atoms with Gasteiger partial charge in [-0.1, -0.05) is 0 Å². The number of carbonyl (C=O) groups is 3. The number of ether oxygens (including phenoxy) is 1. The first-order chi connectivity index (χ1) is 11.8. The number of benzene rings is 1. The van der Waals surface area contributed by atoms with Gasteiger partial charge < -0.3 is 25.5 Å². The Morgan fingerprint density at radius 2 is 2.04 bits per heavy atom. The number of nitrogens with one attached hydrogen (secondary N) is 1. The number of nitrogens with zero attached hydrogens (tertiary/aromatic N) is 2. The number of aromatic carboxylic acids is 1. The van der Waals surface area contributed by atoms with Crippen molar-refractivity contribution in [1.29, 1.82) is 5.26 Å². The molecule has 4 N–H and O–H groups in total. The Labute approximate surface area is 142 Å². The molecule has 2 aromatic rings. The number of anilines is 2. The predicted molar refractivity (Wildman–Crippen MR) is 87.5 cm³/mol. The van der Waals surface area contributed by atoms with Gasteiger partial charge in [0.2, 0.25) is 5.91 Å². The van der Waals surface area contributed by atoms with Crippen molar-refractivity contribution in [2.45, 2.75) is 6.92 Å². The first-order valence-corrected chi connectivity index (χ1v) is 6.94. The molecule has 0 aliphatic heterocycles. The zero-order chi connectivity index (χ0) is 18.7. The Morgan fingerprint density at radius 1 is 1.36 bits per heavy atom. The topological polar surface area (TPSA) is 147 Å². The Bertz CT molecular complexity index is 923. The molecule has 2 rings (SSSR count). The number of carboxylic acid groups (broad SMARTS) is 1. The zero-order valence-electron chi connectivity index (χ0n) is 13.4. The average molecular weight is 342 g/mol. The fourth-order valence-corrected chi connectivity index (χ4v) is 2.30. The first-order valence-electron chi connectivity index (χ1n) is 6.94. The molecule has 128 valence electrons. The van der Waals surface area contributed by atoms with Gasteiger partial charge in [0, 0.05) is 18.8 Å². The van der Waals surface area contributed by atoms with Gasteiger partial charge in [0.05, 0.1) is 29.6 Å². The Morgan fingerprint density at radius 3 is 2.56 bits per heavy atom. The highest BCUT2D eigenvalue weighted by Crippen LogP contribution is 2.28. The molecule has 9 nitrogen and oxygen atoms in total. The minimum Gasteiger partial charge on any atom is -0.478 e. The molecular weight excluding hydrogens is 328 g/mol. The van der Waals surface area contributed by atoms with Gasteiger partial charge in [-0.2, -0.15) is 5.26 Å². The number of nitrogen functional groups attached to an aromatic ring is 1. The second-order valence-corrected chi connectivity index (χ2v) is 5.00. The lowest BCUT2D eigenvalue weighted by molar-refractivity contribution is -0.114. The van der Waals surface area contributed by atoms with Crippen molar-refractivity contribution in [3.8, 4) is 11.8 Å². The molecule has 0 unspecified atom stereocenters. The van der Waals surface area contributed by atoms with E-state index in [9.17, 15) is 19.5 Å². The van der Waals surface area contributed by atoms with Gasteiger partial charge in [-0.15, -0.1) is 0 Å². The van der Waals surface area contributed by atoms with Crippen LogP contribution in [-0.4, -0.2) is 34.6 Å². The maximum atomic E-state index is 12.0. The molecule has 0 atom stereocenters. The minimum absolute atomic E-state index is 0.00248. The van der Waals surface area contributed by atoms with Crippen LogP contribution in [0.2, 0.25) is 0 Å². The molecule has 0 aliphatic rings. The van der Waals surface area contributed by atoms with Crippen molar-refractivity contribution in [3.05, 3.63) is 41.2 Å². The molecule has 0 saturated carbocycles. The molecule has 1 amide bonds. The standard InChI is InChI=1S/C16H14N4O5/c1-8(21)19-10-3-4-12(11(5-10)15(22)23)20-7-9(6-17)13(18)14(20)16(24)25-2/h3-5,7H,18H2,1-2H3,(H,19,21)(H,22,23). The molecule has 0 bridgehead atoms. The highest BCUT2D eigenvalue weighted by atomic mass is 16.5.